The lowest BCUT2D eigenvalue weighted by Crippen LogP contribution is -2.46. The average Bonchev–Trinajstić information content (AvgIpc) is 3.44. The summed E-state index contributed by atoms with van der Waals surface area (Å²) in [5.74, 6) is -2.99. The highest BCUT2D eigenvalue weighted by molar-refractivity contribution is 9.10. The van der Waals surface area contributed by atoms with Gasteiger partial charge in [-0.25, -0.2) is 4.90 Å². The second-order valence-corrected chi connectivity index (χ2v) is 11.6. The topological polar surface area (TPSA) is 84.0 Å². The lowest BCUT2D eigenvalue weighted by molar-refractivity contribution is -0.123. The van der Waals surface area contributed by atoms with Crippen LogP contribution in [0.3, 0.4) is 0 Å². The number of allylic oxidation sites excluding steroid dienone is 2. The highest BCUT2D eigenvalue weighted by Crippen LogP contribution is 2.48. The third-order valence-electron chi connectivity index (χ3n) is 7.70. The Morgan fingerprint density at radius 2 is 1.63 bits per heavy atom. The number of ketones is 2. The average molecular weight is 652 g/mol. The van der Waals surface area contributed by atoms with Crippen molar-refractivity contribution in [1.82, 2.24) is 4.90 Å². The third-order valence-corrected chi connectivity index (χ3v) is 8.86. The van der Waals surface area contributed by atoms with Crippen LogP contribution in [-0.4, -0.2) is 47.5 Å². The molecule has 3 aromatic rings. The first-order chi connectivity index (χ1) is 19.7. The number of anilines is 1. The van der Waals surface area contributed by atoms with Gasteiger partial charge in [0.1, 0.15) is 11.8 Å². The number of carbonyl (C=O) groups excluding carboxylic acids is 4. The smallest absolute Gasteiger partial charge is 0.240 e. The Hall–Kier alpha value is -3.72. The van der Waals surface area contributed by atoms with Crippen molar-refractivity contribution in [3.05, 3.63) is 116 Å². The van der Waals surface area contributed by atoms with Crippen LogP contribution < -0.4 is 9.64 Å². The SMILES string of the molecule is COc1ccc(C(=O)[C@@H]2[C@@H]3C(=O)N(c4ccc(Cl)cc4Cl)C(=O)[C@H]3[C@@H]3C=C(C(=O)c4ccccc4)C=CN23)cc1Br. The van der Waals surface area contributed by atoms with E-state index in [1.54, 1.807) is 71.8 Å². The van der Waals surface area contributed by atoms with Crippen LogP contribution in [0.4, 0.5) is 5.69 Å². The number of ether oxygens (including phenoxy) is 1. The number of amides is 2. The van der Waals surface area contributed by atoms with E-state index in [1.807, 2.05) is 6.07 Å². The minimum atomic E-state index is -1.01. The molecule has 2 amide bonds. The Balaban J connectivity index is 1.45. The molecule has 3 heterocycles. The van der Waals surface area contributed by atoms with Gasteiger partial charge >= 0.3 is 0 Å². The fourth-order valence-corrected chi connectivity index (χ4v) is 6.88. The Labute approximate surface area is 254 Å². The Morgan fingerprint density at radius 1 is 0.902 bits per heavy atom. The summed E-state index contributed by atoms with van der Waals surface area (Å²) in [5, 5.41) is 0.490. The van der Waals surface area contributed by atoms with Crippen molar-refractivity contribution >= 4 is 68.2 Å². The van der Waals surface area contributed by atoms with Crippen molar-refractivity contribution in [2.24, 2.45) is 11.8 Å². The fourth-order valence-electron chi connectivity index (χ4n) is 5.84. The number of hydrogen-bond donors (Lipinski definition) is 0. The zero-order valence-electron chi connectivity index (χ0n) is 21.5. The quantitative estimate of drug-likeness (QED) is 0.235. The summed E-state index contributed by atoms with van der Waals surface area (Å²) >= 11 is 15.9. The van der Waals surface area contributed by atoms with Gasteiger partial charge in [0.2, 0.25) is 11.8 Å². The first-order valence-electron chi connectivity index (χ1n) is 12.7. The molecule has 0 aliphatic carbocycles. The second kappa shape index (κ2) is 10.6. The molecule has 3 aliphatic heterocycles. The highest BCUT2D eigenvalue weighted by Gasteiger charge is 2.63. The van der Waals surface area contributed by atoms with E-state index >= 15 is 0 Å². The highest BCUT2D eigenvalue weighted by atomic mass is 79.9. The zero-order chi connectivity index (χ0) is 29.0. The normalized spacial score (nSPS) is 22.9. The summed E-state index contributed by atoms with van der Waals surface area (Å²) in [4.78, 5) is 58.2. The summed E-state index contributed by atoms with van der Waals surface area (Å²) in [6, 6.07) is 16.5. The van der Waals surface area contributed by atoms with E-state index in [0.29, 0.717) is 31.9 Å². The van der Waals surface area contributed by atoms with Crippen LogP contribution in [0, 0.1) is 11.8 Å². The molecule has 2 saturated heterocycles. The predicted octanol–water partition coefficient (Wildman–Crippen LogP) is 6.14. The van der Waals surface area contributed by atoms with Crippen molar-refractivity contribution in [2.45, 2.75) is 12.1 Å². The number of methoxy groups -OCH3 is 1. The molecule has 10 heteroatoms. The van der Waals surface area contributed by atoms with E-state index in [9.17, 15) is 19.2 Å². The van der Waals surface area contributed by atoms with Crippen molar-refractivity contribution in [3.63, 3.8) is 0 Å². The number of nitrogens with zero attached hydrogens (tertiary/aromatic N) is 2. The van der Waals surface area contributed by atoms with E-state index in [0.717, 1.165) is 4.90 Å². The molecule has 0 saturated carbocycles. The number of hydrogen-bond acceptors (Lipinski definition) is 6. The van der Waals surface area contributed by atoms with E-state index in [-0.39, 0.29) is 22.3 Å². The monoisotopic (exact) mass is 650 g/mol. The lowest BCUT2D eigenvalue weighted by Gasteiger charge is -2.33. The van der Waals surface area contributed by atoms with Gasteiger partial charge in [0.25, 0.3) is 0 Å². The van der Waals surface area contributed by atoms with Crippen molar-refractivity contribution < 1.29 is 23.9 Å². The molecular weight excluding hydrogens is 631 g/mol. The molecule has 0 aromatic heterocycles. The summed E-state index contributed by atoms with van der Waals surface area (Å²) in [7, 11) is 1.52. The number of carbonyl (C=O) groups is 4. The van der Waals surface area contributed by atoms with E-state index in [2.05, 4.69) is 15.9 Å². The summed E-state index contributed by atoms with van der Waals surface area (Å²) in [6.45, 7) is 0. The van der Waals surface area contributed by atoms with Gasteiger partial charge in [0.05, 0.1) is 40.2 Å². The molecule has 4 atom stereocenters. The molecule has 0 bridgehead atoms. The maximum absolute atomic E-state index is 14.1. The number of Topliss-reactive ketones (excluding diaryl/α,β-unsaturated/α-hetero) is 2. The van der Waals surface area contributed by atoms with E-state index < -0.39 is 35.7 Å². The van der Waals surface area contributed by atoms with Crippen LogP contribution >= 0.6 is 39.1 Å². The molecular formula is C31H21BrCl2N2O5. The van der Waals surface area contributed by atoms with Gasteiger partial charge in [-0.2, -0.15) is 0 Å². The lowest BCUT2D eigenvalue weighted by atomic mass is 9.85. The molecule has 2 fully saturated rings. The van der Waals surface area contributed by atoms with Gasteiger partial charge in [-0.3, -0.25) is 19.2 Å². The molecule has 3 aromatic carbocycles. The Kier molecular flexibility index (Phi) is 7.09. The van der Waals surface area contributed by atoms with E-state index in [4.69, 9.17) is 27.9 Å². The first kappa shape index (κ1) is 27.4. The van der Waals surface area contributed by atoms with E-state index in [1.165, 1.54) is 19.2 Å². The second-order valence-electron chi connectivity index (χ2n) is 9.89. The number of rotatable bonds is 6. The summed E-state index contributed by atoms with van der Waals surface area (Å²) in [6.07, 6.45) is 4.95. The molecule has 6 rings (SSSR count). The molecule has 41 heavy (non-hydrogen) atoms. The van der Waals surface area contributed by atoms with Gasteiger partial charge in [0.15, 0.2) is 11.6 Å². The predicted molar refractivity (Wildman–Crippen MR) is 158 cm³/mol. The number of imide groups is 1. The van der Waals surface area contributed by atoms with Gasteiger partial charge < -0.3 is 9.64 Å². The third kappa shape index (κ3) is 4.51. The van der Waals surface area contributed by atoms with Gasteiger partial charge in [-0.05, 0) is 58.4 Å². The van der Waals surface area contributed by atoms with Crippen LogP contribution in [0.1, 0.15) is 20.7 Å². The maximum atomic E-state index is 14.1. The number of benzene rings is 3. The molecule has 7 nitrogen and oxygen atoms in total. The van der Waals surface area contributed by atoms with Crippen molar-refractivity contribution in [1.29, 1.82) is 0 Å². The molecule has 0 N–H and O–H groups in total. The van der Waals surface area contributed by atoms with Crippen molar-refractivity contribution in [2.75, 3.05) is 12.0 Å². The van der Waals surface area contributed by atoms with Crippen LogP contribution in [0.15, 0.2) is 95.1 Å². The fraction of sp³-hybridized carbons (Fsp3) is 0.161. The largest absolute Gasteiger partial charge is 0.496 e. The van der Waals surface area contributed by atoms with Crippen LogP contribution in [0.2, 0.25) is 10.0 Å². The van der Waals surface area contributed by atoms with Gasteiger partial charge in [0, 0.05) is 27.9 Å². The minimum absolute atomic E-state index is 0.136. The number of fused-ring (bicyclic) bond motifs is 3. The Morgan fingerprint density at radius 3 is 2.32 bits per heavy atom. The maximum Gasteiger partial charge on any atom is 0.240 e. The van der Waals surface area contributed by atoms with Gasteiger partial charge in [-0.1, -0.05) is 59.6 Å². The zero-order valence-corrected chi connectivity index (χ0v) is 24.6. The first-order valence-corrected chi connectivity index (χ1v) is 14.2. The van der Waals surface area contributed by atoms with Crippen LogP contribution in [0.25, 0.3) is 0 Å². The summed E-state index contributed by atoms with van der Waals surface area (Å²) in [5.41, 5.74) is 1.40. The Bertz CT molecular complexity index is 1690. The van der Waals surface area contributed by atoms with Crippen molar-refractivity contribution in [3.8, 4) is 5.75 Å². The molecule has 0 spiro atoms. The standard InChI is InChI=1S/C31H21BrCl2N2O5/c1-41-24-10-7-17(13-20(24)32)29(38)27-26-25(30(39)36(31(26)40)22-9-8-19(33)15-21(22)34)23-14-18(11-12-35(23)27)28(37)16-5-3-2-4-6-16/h2-15,23,25-27H,1H3/t23-,25-,26+,27-/m0/s1. The minimum Gasteiger partial charge on any atom is -0.496 e. The number of halogens is 3. The summed E-state index contributed by atoms with van der Waals surface area (Å²) < 4.78 is 5.87. The van der Waals surface area contributed by atoms with Crippen LogP contribution in [-0.2, 0) is 9.59 Å². The van der Waals surface area contributed by atoms with Crippen LogP contribution in [0.5, 0.6) is 5.75 Å². The van der Waals surface area contributed by atoms with Gasteiger partial charge in [-0.15, -0.1) is 0 Å². The molecule has 3 aliphatic rings. The molecule has 0 unspecified atom stereocenters. The molecule has 0 radical (unpaired) electrons. The molecule has 206 valence electrons.